The molecule has 3 aromatic rings. The van der Waals surface area contributed by atoms with Gasteiger partial charge in [0.1, 0.15) is 24.7 Å². The predicted octanol–water partition coefficient (Wildman–Crippen LogP) is 5.04. The average molecular weight is 523 g/mol. The van der Waals surface area contributed by atoms with Gasteiger partial charge >= 0.3 is 0 Å². The number of likely N-dealkylation sites (tertiary alicyclic amines) is 2. The van der Waals surface area contributed by atoms with Gasteiger partial charge in [0.25, 0.3) is 5.91 Å². The van der Waals surface area contributed by atoms with Gasteiger partial charge in [-0.1, -0.05) is 35.9 Å². The summed E-state index contributed by atoms with van der Waals surface area (Å²) in [4.78, 5) is 17.8. The molecule has 1 amide bonds. The Kier molecular flexibility index (Phi) is 7.44. The van der Waals surface area contributed by atoms with Crippen LogP contribution < -0.4 is 18.9 Å². The standard InChI is InChI=1S/C29H31ClN2O5/c1-31-15-22-14-21(31)16-32(22)29(33)25-12-13-26(36-17-19-4-8-23(34-2)9-5-19)28(27(25)30)37-18-20-6-10-24(35-3)11-7-20/h4-13,21-22H,14-18H2,1-3H3/t21-,22-/m1/s1. The van der Waals surface area contributed by atoms with Crippen LogP contribution in [0.3, 0.4) is 0 Å². The highest BCUT2D eigenvalue weighted by atomic mass is 35.5. The monoisotopic (exact) mass is 522 g/mol. The van der Waals surface area contributed by atoms with E-state index in [-0.39, 0.29) is 23.6 Å². The summed E-state index contributed by atoms with van der Waals surface area (Å²) < 4.78 is 22.8. The number of carbonyl (C=O) groups excluding carboxylic acids is 1. The third-order valence-corrected chi connectivity index (χ3v) is 7.54. The molecule has 2 atom stereocenters. The fraction of sp³-hybridized carbons (Fsp3) is 0.345. The van der Waals surface area contributed by atoms with Crippen LogP contribution in [-0.4, -0.2) is 62.1 Å². The number of halogens is 1. The van der Waals surface area contributed by atoms with Crippen molar-refractivity contribution in [3.8, 4) is 23.0 Å². The molecule has 37 heavy (non-hydrogen) atoms. The summed E-state index contributed by atoms with van der Waals surface area (Å²) in [5, 5.41) is 0.266. The molecule has 2 heterocycles. The minimum absolute atomic E-state index is 0.0680. The number of benzene rings is 3. The molecule has 0 unspecified atom stereocenters. The number of hydrogen-bond donors (Lipinski definition) is 0. The van der Waals surface area contributed by atoms with Gasteiger partial charge in [0.05, 0.1) is 24.8 Å². The van der Waals surface area contributed by atoms with Gasteiger partial charge in [-0.2, -0.15) is 0 Å². The highest BCUT2D eigenvalue weighted by Crippen LogP contribution is 2.40. The van der Waals surface area contributed by atoms with Crippen LogP contribution in [0.2, 0.25) is 5.02 Å². The topological polar surface area (TPSA) is 60.5 Å². The number of hydrogen-bond acceptors (Lipinski definition) is 6. The van der Waals surface area contributed by atoms with Gasteiger partial charge in [-0.3, -0.25) is 9.69 Å². The normalized spacial score (nSPS) is 18.6. The lowest BCUT2D eigenvalue weighted by Gasteiger charge is -2.32. The molecule has 0 radical (unpaired) electrons. The predicted molar refractivity (Wildman–Crippen MR) is 142 cm³/mol. The van der Waals surface area contributed by atoms with E-state index in [2.05, 4.69) is 11.9 Å². The number of nitrogens with zero attached hydrogens (tertiary/aromatic N) is 2. The van der Waals surface area contributed by atoms with E-state index in [0.29, 0.717) is 36.3 Å². The number of carbonyl (C=O) groups is 1. The second-order valence-corrected chi connectivity index (χ2v) is 9.85. The molecular weight excluding hydrogens is 492 g/mol. The Morgan fingerprint density at radius 1 is 0.838 bits per heavy atom. The molecule has 7 nitrogen and oxygen atoms in total. The van der Waals surface area contributed by atoms with Gasteiger partial charge in [-0.05, 0) is 61.0 Å². The third-order valence-electron chi connectivity index (χ3n) is 7.16. The maximum atomic E-state index is 13.5. The van der Waals surface area contributed by atoms with E-state index in [4.69, 9.17) is 30.5 Å². The van der Waals surface area contributed by atoms with E-state index < -0.39 is 0 Å². The number of ether oxygens (including phenoxy) is 4. The van der Waals surface area contributed by atoms with Crippen LogP contribution in [0.4, 0.5) is 0 Å². The fourth-order valence-electron chi connectivity index (χ4n) is 4.98. The van der Waals surface area contributed by atoms with E-state index in [9.17, 15) is 4.79 Å². The number of piperazine rings is 1. The Bertz CT molecular complexity index is 1250. The molecule has 0 aromatic heterocycles. The van der Waals surface area contributed by atoms with Crippen molar-refractivity contribution in [2.24, 2.45) is 0 Å². The van der Waals surface area contributed by atoms with Crippen molar-refractivity contribution < 1.29 is 23.7 Å². The lowest BCUT2D eigenvalue weighted by Crippen LogP contribution is -2.47. The van der Waals surface area contributed by atoms with Crippen molar-refractivity contribution in [2.75, 3.05) is 34.4 Å². The van der Waals surface area contributed by atoms with Gasteiger partial charge < -0.3 is 23.8 Å². The first-order valence-corrected chi connectivity index (χ1v) is 12.7. The van der Waals surface area contributed by atoms with Crippen molar-refractivity contribution in [3.63, 3.8) is 0 Å². The zero-order valence-electron chi connectivity index (χ0n) is 21.3. The second kappa shape index (κ2) is 10.9. The Hall–Kier alpha value is -3.42. The van der Waals surface area contributed by atoms with Crippen LogP contribution in [0, 0.1) is 0 Å². The van der Waals surface area contributed by atoms with Crippen molar-refractivity contribution in [2.45, 2.75) is 31.7 Å². The summed E-state index contributed by atoms with van der Waals surface area (Å²) in [6.45, 7) is 2.18. The van der Waals surface area contributed by atoms with Gasteiger partial charge in [-0.25, -0.2) is 0 Å². The molecule has 2 saturated heterocycles. The largest absolute Gasteiger partial charge is 0.497 e. The van der Waals surface area contributed by atoms with E-state index >= 15 is 0 Å². The minimum atomic E-state index is -0.0680. The number of likely N-dealkylation sites (N-methyl/N-ethyl adjacent to an activating group) is 1. The summed E-state index contributed by atoms with van der Waals surface area (Å²) >= 11 is 6.85. The highest BCUT2D eigenvalue weighted by Gasteiger charge is 2.44. The van der Waals surface area contributed by atoms with E-state index in [1.54, 1.807) is 26.4 Å². The van der Waals surface area contributed by atoms with Crippen molar-refractivity contribution in [3.05, 3.63) is 82.4 Å². The Labute approximate surface area is 222 Å². The molecule has 2 aliphatic heterocycles. The van der Waals surface area contributed by atoms with Gasteiger partial charge in [-0.15, -0.1) is 0 Å². The molecular formula is C29H31ClN2O5. The average Bonchev–Trinajstić information content (AvgIpc) is 3.51. The van der Waals surface area contributed by atoms with Gasteiger partial charge in [0, 0.05) is 25.2 Å². The maximum absolute atomic E-state index is 13.5. The summed E-state index contributed by atoms with van der Waals surface area (Å²) in [7, 11) is 5.37. The van der Waals surface area contributed by atoms with Crippen LogP contribution >= 0.6 is 11.6 Å². The van der Waals surface area contributed by atoms with Crippen molar-refractivity contribution in [1.29, 1.82) is 0 Å². The molecule has 0 saturated carbocycles. The molecule has 2 bridgehead atoms. The van der Waals surface area contributed by atoms with Crippen LogP contribution in [-0.2, 0) is 13.2 Å². The molecule has 8 heteroatoms. The fourth-order valence-corrected chi connectivity index (χ4v) is 5.27. The van der Waals surface area contributed by atoms with Crippen LogP contribution in [0.5, 0.6) is 23.0 Å². The number of fused-ring (bicyclic) bond motifs is 2. The van der Waals surface area contributed by atoms with E-state index in [1.807, 2.05) is 53.4 Å². The Morgan fingerprint density at radius 2 is 1.43 bits per heavy atom. The van der Waals surface area contributed by atoms with Crippen LogP contribution in [0.15, 0.2) is 60.7 Å². The zero-order chi connectivity index (χ0) is 25.9. The highest BCUT2D eigenvalue weighted by molar-refractivity contribution is 6.35. The Morgan fingerprint density at radius 3 is 1.95 bits per heavy atom. The minimum Gasteiger partial charge on any atom is -0.497 e. The first kappa shape index (κ1) is 25.2. The SMILES string of the molecule is COc1ccc(COc2ccc(C(=O)N3C[C@H]4C[C@@H]3CN4C)c(Cl)c2OCc2ccc(OC)cc2)cc1. The number of amides is 1. The summed E-state index contributed by atoms with van der Waals surface area (Å²) in [6.07, 6.45) is 1.00. The summed E-state index contributed by atoms with van der Waals surface area (Å²) in [5.74, 6) is 2.32. The molecule has 0 spiro atoms. The van der Waals surface area contributed by atoms with Crippen LogP contribution in [0.25, 0.3) is 0 Å². The second-order valence-electron chi connectivity index (χ2n) is 9.47. The lowest BCUT2D eigenvalue weighted by molar-refractivity contribution is 0.0650. The van der Waals surface area contributed by atoms with Crippen molar-refractivity contribution >= 4 is 17.5 Å². The van der Waals surface area contributed by atoms with Crippen molar-refractivity contribution in [1.82, 2.24) is 9.80 Å². The lowest BCUT2D eigenvalue weighted by atomic mass is 10.1. The summed E-state index contributed by atoms with van der Waals surface area (Å²) in [5.41, 5.74) is 2.34. The zero-order valence-corrected chi connectivity index (χ0v) is 22.0. The molecule has 2 fully saturated rings. The van der Waals surface area contributed by atoms with E-state index in [1.165, 1.54) is 0 Å². The van der Waals surface area contributed by atoms with Crippen LogP contribution in [0.1, 0.15) is 27.9 Å². The molecule has 2 aliphatic rings. The molecule has 3 aromatic carbocycles. The number of methoxy groups -OCH3 is 2. The first-order chi connectivity index (χ1) is 18.0. The molecule has 0 aliphatic carbocycles. The third kappa shape index (κ3) is 5.33. The molecule has 194 valence electrons. The van der Waals surface area contributed by atoms with Gasteiger partial charge in [0.15, 0.2) is 11.5 Å². The first-order valence-electron chi connectivity index (χ1n) is 12.3. The number of rotatable bonds is 9. The maximum Gasteiger partial charge on any atom is 0.255 e. The van der Waals surface area contributed by atoms with E-state index in [0.717, 1.165) is 35.6 Å². The quantitative estimate of drug-likeness (QED) is 0.392. The Balaban J connectivity index is 1.38. The summed E-state index contributed by atoms with van der Waals surface area (Å²) in [6, 6.07) is 19.4. The molecule has 5 rings (SSSR count). The van der Waals surface area contributed by atoms with Gasteiger partial charge in [0.2, 0.25) is 0 Å². The smallest absolute Gasteiger partial charge is 0.255 e. The molecule has 0 N–H and O–H groups in total.